The minimum absolute atomic E-state index is 0.186. The Labute approximate surface area is 197 Å². The van der Waals surface area contributed by atoms with Crippen LogP contribution in [0.3, 0.4) is 0 Å². The van der Waals surface area contributed by atoms with Crippen molar-refractivity contribution in [2.75, 3.05) is 18.4 Å². The lowest BCUT2D eigenvalue weighted by Gasteiger charge is -2.09. The summed E-state index contributed by atoms with van der Waals surface area (Å²) in [5.74, 6) is 0.446. The van der Waals surface area contributed by atoms with E-state index in [9.17, 15) is 9.50 Å². The number of hydrogen-bond acceptors (Lipinski definition) is 8. The maximum atomic E-state index is 13.0. The zero-order valence-corrected chi connectivity index (χ0v) is 18.9. The number of halogens is 1. The number of benzene rings is 2. The molecule has 0 unspecified atom stereocenters. The Bertz CT molecular complexity index is 1390. The first kappa shape index (κ1) is 21.4. The molecule has 3 aromatic heterocycles. The van der Waals surface area contributed by atoms with Crippen molar-refractivity contribution in [3.63, 3.8) is 0 Å². The summed E-state index contributed by atoms with van der Waals surface area (Å²) in [5, 5.41) is 15.1. The van der Waals surface area contributed by atoms with Crippen molar-refractivity contribution < 1.29 is 9.50 Å². The summed E-state index contributed by atoms with van der Waals surface area (Å²) < 4.78 is 18.2. The number of thiazole rings is 1. The highest BCUT2D eigenvalue weighted by molar-refractivity contribution is 7.97. The van der Waals surface area contributed by atoms with Gasteiger partial charge in [0.1, 0.15) is 17.3 Å². The molecule has 3 N–H and O–H groups in total. The molecule has 3 heterocycles. The van der Waals surface area contributed by atoms with Gasteiger partial charge in [-0.1, -0.05) is 12.1 Å². The van der Waals surface area contributed by atoms with Crippen molar-refractivity contribution in [2.24, 2.45) is 0 Å². The molecule has 0 aliphatic rings. The first-order chi connectivity index (χ1) is 16.2. The Hall–Kier alpha value is -3.47. The molecule has 0 atom stereocenters. The molecule has 10 heteroatoms. The minimum atomic E-state index is -0.247. The second kappa shape index (κ2) is 9.57. The lowest BCUT2D eigenvalue weighted by atomic mass is 10.1. The van der Waals surface area contributed by atoms with Gasteiger partial charge in [-0.15, -0.1) is 11.3 Å². The minimum Gasteiger partial charge on any atom is -0.508 e. The number of fused-ring (bicyclic) bond motifs is 1. The Morgan fingerprint density at radius 2 is 1.94 bits per heavy atom. The predicted octanol–water partition coefficient (Wildman–Crippen LogP) is 5.07. The van der Waals surface area contributed by atoms with Crippen LogP contribution >= 0.6 is 23.3 Å². The number of aromatic hydroxyl groups is 1. The largest absolute Gasteiger partial charge is 0.508 e. The third-order valence-electron chi connectivity index (χ3n) is 4.79. The Morgan fingerprint density at radius 3 is 2.79 bits per heavy atom. The van der Waals surface area contributed by atoms with Gasteiger partial charge in [0, 0.05) is 41.3 Å². The van der Waals surface area contributed by atoms with E-state index < -0.39 is 0 Å². The molecule has 33 heavy (non-hydrogen) atoms. The number of phenols is 1. The maximum absolute atomic E-state index is 13.0. The molecule has 0 amide bonds. The Kier molecular flexibility index (Phi) is 6.20. The molecule has 0 radical (unpaired) electrons. The number of rotatable bonds is 8. The number of anilines is 1. The molecular formula is C23H19FN6OS2. The molecule has 166 valence electrons. The zero-order chi connectivity index (χ0) is 22.6. The summed E-state index contributed by atoms with van der Waals surface area (Å²) in [6, 6.07) is 15.2. The summed E-state index contributed by atoms with van der Waals surface area (Å²) in [6.07, 6.45) is 3.67. The summed E-state index contributed by atoms with van der Waals surface area (Å²) in [7, 11) is 0. The van der Waals surface area contributed by atoms with Crippen LogP contribution in [-0.4, -0.2) is 37.5 Å². The topological polar surface area (TPSA) is 87.4 Å². The molecule has 5 rings (SSSR count). The van der Waals surface area contributed by atoms with Crippen LogP contribution in [0.25, 0.3) is 27.6 Å². The second-order valence-electron chi connectivity index (χ2n) is 7.06. The van der Waals surface area contributed by atoms with Crippen molar-refractivity contribution in [2.45, 2.75) is 4.90 Å². The van der Waals surface area contributed by atoms with Gasteiger partial charge in [0.15, 0.2) is 4.96 Å². The smallest absolute Gasteiger partial charge is 0.223 e. The lowest BCUT2D eigenvalue weighted by Crippen LogP contribution is -2.17. The third kappa shape index (κ3) is 4.82. The van der Waals surface area contributed by atoms with Crippen molar-refractivity contribution in [1.29, 1.82) is 0 Å². The SMILES string of the molecule is Oc1cccc(-c2nc3sccn3c2-c2ccnc(NCCNSc3ccc(F)cc3)n2)c1. The number of nitrogens with one attached hydrogen (secondary N) is 2. The van der Waals surface area contributed by atoms with Crippen molar-refractivity contribution in [3.8, 4) is 28.4 Å². The number of nitrogens with zero attached hydrogens (tertiary/aromatic N) is 4. The third-order valence-corrected chi connectivity index (χ3v) is 6.41. The van der Waals surface area contributed by atoms with Gasteiger partial charge in [-0.2, -0.15) is 0 Å². The van der Waals surface area contributed by atoms with E-state index in [2.05, 4.69) is 15.0 Å². The van der Waals surface area contributed by atoms with Crippen LogP contribution in [0.2, 0.25) is 0 Å². The van der Waals surface area contributed by atoms with Crippen molar-refractivity contribution in [1.82, 2.24) is 24.1 Å². The van der Waals surface area contributed by atoms with Crippen LogP contribution in [0, 0.1) is 5.82 Å². The van der Waals surface area contributed by atoms with Gasteiger partial charge >= 0.3 is 0 Å². The van der Waals surface area contributed by atoms with Crippen molar-refractivity contribution in [3.05, 3.63) is 78.2 Å². The molecule has 0 fully saturated rings. The van der Waals surface area contributed by atoms with Crippen LogP contribution in [0.5, 0.6) is 5.75 Å². The zero-order valence-electron chi connectivity index (χ0n) is 17.3. The highest BCUT2D eigenvalue weighted by atomic mass is 32.2. The highest BCUT2D eigenvalue weighted by Gasteiger charge is 2.18. The molecule has 0 bridgehead atoms. The molecule has 0 saturated heterocycles. The molecular weight excluding hydrogens is 459 g/mol. The highest BCUT2D eigenvalue weighted by Crippen LogP contribution is 2.34. The van der Waals surface area contributed by atoms with E-state index in [4.69, 9.17) is 9.97 Å². The number of aromatic nitrogens is 4. The predicted molar refractivity (Wildman–Crippen MR) is 130 cm³/mol. The summed E-state index contributed by atoms with van der Waals surface area (Å²) in [5.41, 5.74) is 3.13. The first-order valence-corrected chi connectivity index (χ1v) is 11.8. The summed E-state index contributed by atoms with van der Waals surface area (Å²) in [6.45, 7) is 1.27. The molecule has 0 aliphatic heterocycles. The Balaban J connectivity index is 1.31. The van der Waals surface area contributed by atoms with Crippen molar-refractivity contribution >= 4 is 34.2 Å². The van der Waals surface area contributed by atoms with E-state index in [1.165, 1.54) is 35.4 Å². The van der Waals surface area contributed by atoms with Crippen LogP contribution in [0.15, 0.2) is 77.3 Å². The Morgan fingerprint density at radius 1 is 1.06 bits per heavy atom. The van der Waals surface area contributed by atoms with Crippen LogP contribution in [0.4, 0.5) is 10.3 Å². The van der Waals surface area contributed by atoms with E-state index in [0.29, 0.717) is 19.0 Å². The van der Waals surface area contributed by atoms with E-state index in [1.807, 2.05) is 28.1 Å². The summed E-state index contributed by atoms with van der Waals surface area (Å²) >= 11 is 2.98. The molecule has 7 nitrogen and oxygen atoms in total. The van der Waals surface area contributed by atoms with Gasteiger partial charge in [0.05, 0.1) is 11.4 Å². The van der Waals surface area contributed by atoms with Gasteiger partial charge in [0.25, 0.3) is 0 Å². The number of imidazole rings is 1. The van der Waals surface area contributed by atoms with Crippen LogP contribution in [-0.2, 0) is 0 Å². The maximum Gasteiger partial charge on any atom is 0.223 e. The second-order valence-corrected chi connectivity index (χ2v) is 8.89. The standard InChI is InChI=1S/C23H19FN6OS2/c24-16-4-6-18(7-5-16)33-27-11-10-26-22-25-9-8-19(28-22)21-20(15-2-1-3-17(31)14-15)29-23-30(21)12-13-32-23/h1-9,12-14,27,31H,10-11H2,(H,25,26,28). The van der Waals surface area contributed by atoms with Crippen LogP contribution < -0.4 is 10.0 Å². The van der Waals surface area contributed by atoms with E-state index in [1.54, 1.807) is 36.5 Å². The van der Waals surface area contributed by atoms with Gasteiger partial charge in [-0.3, -0.25) is 9.12 Å². The van der Waals surface area contributed by atoms with E-state index in [0.717, 1.165) is 32.5 Å². The molecule has 5 aromatic rings. The average Bonchev–Trinajstić information content (AvgIpc) is 3.42. The molecule has 0 aliphatic carbocycles. The fraction of sp³-hybridized carbons (Fsp3) is 0.0870. The quantitative estimate of drug-likeness (QED) is 0.212. The van der Waals surface area contributed by atoms with Gasteiger partial charge in [-0.05, 0) is 54.4 Å². The normalized spacial score (nSPS) is 11.2. The number of phenolic OH excluding ortho intramolecular Hbond substituents is 1. The lowest BCUT2D eigenvalue weighted by molar-refractivity contribution is 0.475. The number of hydrogen-bond donors (Lipinski definition) is 3. The molecule has 0 spiro atoms. The fourth-order valence-corrected chi connectivity index (χ4v) is 4.68. The van der Waals surface area contributed by atoms with Crippen LogP contribution in [0.1, 0.15) is 0 Å². The van der Waals surface area contributed by atoms with Gasteiger partial charge in [-0.25, -0.2) is 19.3 Å². The fourth-order valence-electron chi connectivity index (χ4n) is 3.32. The van der Waals surface area contributed by atoms with Gasteiger partial charge < -0.3 is 10.4 Å². The van der Waals surface area contributed by atoms with E-state index >= 15 is 0 Å². The van der Waals surface area contributed by atoms with E-state index in [-0.39, 0.29) is 11.6 Å². The summed E-state index contributed by atoms with van der Waals surface area (Å²) in [4.78, 5) is 15.6. The average molecular weight is 479 g/mol. The molecule has 0 saturated carbocycles. The van der Waals surface area contributed by atoms with Gasteiger partial charge in [0.2, 0.25) is 5.95 Å². The molecule has 2 aromatic carbocycles. The first-order valence-electron chi connectivity index (χ1n) is 10.1. The monoisotopic (exact) mass is 478 g/mol.